The number of aliphatic hydroxyl groups is 1. The SMILES string of the molecule is COc1cc(/C=C/C(=O)C=C(O)/C=C/c2ccc(OC(=O)C3(C)COC(C)(C)OC3)c(OC)c2)ccc1O. The molecule has 2 aromatic rings. The van der Waals surface area contributed by atoms with Crippen LogP contribution in [0.25, 0.3) is 12.2 Å². The van der Waals surface area contributed by atoms with Crippen LogP contribution in [0.15, 0.2) is 60.4 Å². The van der Waals surface area contributed by atoms with Gasteiger partial charge in [-0.1, -0.05) is 24.3 Å². The minimum Gasteiger partial charge on any atom is -0.508 e. The van der Waals surface area contributed by atoms with Gasteiger partial charge in [-0.05, 0) is 68.3 Å². The number of hydrogen-bond acceptors (Lipinski definition) is 9. The maximum atomic E-state index is 12.8. The van der Waals surface area contributed by atoms with Crippen LogP contribution in [0, 0.1) is 5.41 Å². The third kappa shape index (κ3) is 7.47. The van der Waals surface area contributed by atoms with Gasteiger partial charge in [0.1, 0.15) is 11.2 Å². The minimum absolute atomic E-state index is 0.00620. The van der Waals surface area contributed by atoms with Gasteiger partial charge in [0.15, 0.2) is 34.6 Å². The number of ether oxygens (including phenoxy) is 5. The van der Waals surface area contributed by atoms with Crippen LogP contribution in [0.4, 0.5) is 0 Å². The third-order valence-electron chi connectivity index (χ3n) is 5.74. The number of aromatic hydroxyl groups is 1. The summed E-state index contributed by atoms with van der Waals surface area (Å²) < 4.78 is 27.2. The Morgan fingerprint density at radius 1 is 0.868 bits per heavy atom. The second kappa shape index (κ2) is 12.0. The summed E-state index contributed by atoms with van der Waals surface area (Å²) in [4.78, 5) is 25.0. The van der Waals surface area contributed by atoms with Crippen molar-refractivity contribution < 1.29 is 43.5 Å². The minimum atomic E-state index is -0.967. The summed E-state index contributed by atoms with van der Waals surface area (Å²) in [5, 5.41) is 19.8. The number of carbonyl (C=O) groups excluding carboxylic acids is 2. The first kappa shape index (κ1) is 28.5. The van der Waals surface area contributed by atoms with E-state index in [-0.39, 0.29) is 36.2 Å². The van der Waals surface area contributed by atoms with Gasteiger partial charge in [-0.3, -0.25) is 9.59 Å². The predicted molar refractivity (Wildman–Crippen MR) is 141 cm³/mol. The quantitative estimate of drug-likeness (QED) is 0.156. The monoisotopic (exact) mass is 524 g/mol. The largest absolute Gasteiger partial charge is 0.508 e. The van der Waals surface area contributed by atoms with E-state index in [4.69, 9.17) is 23.7 Å². The smallest absolute Gasteiger partial charge is 0.322 e. The fourth-order valence-electron chi connectivity index (χ4n) is 3.36. The molecular weight excluding hydrogens is 492 g/mol. The van der Waals surface area contributed by atoms with Crippen molar-refractivity contribution in [2.75, 3.05) is 27.4 Å². The number of methoxy groups -OCH3 is 2. The standard InChI is InChI=1S/C29H32O9/c1-28(2)36-17-29(3,18-37-28)27(33)38-24-13-9-20(15-26(24)35-5)7-11-22(31)16-21(30)10-6-19-8-12-23(32)25(14-19)34-4/h6-16,31-32H,17-18H2,1-5H3/b10-6+,11-7+,22-16?. The number of phenolic OH excluding ortho intramolecular Hbond substituents is 1. The van der Waals surface area contributed by atoms with E-state index in [1.165, 1.54) is 38.5 Å². The van der Waals surface area contributed by atoms with Crippen LogP contribution in [-0.2, 0) is 19.1 Å². The van der Waals surface area contributed by atoms with Gasteiger partial charge in [0.2, 0.25) is 0 Å². The fraction of sp³-hybridized carbons (Fsp3) is 0.310. The number of benzene rings is 2. The summed E-state index contributed by atoms with van der Waals surface area (Å²) in [5.41, 5.74) is 0.314. The predicted octanol–water partition coefficient (Wildman–Crippen LogP) is 4.84. The van der Waals surface area contributed by atoms with Gasteiger partial charge in [-0.2, -0.15) is 0 Å². The Bertz CT molecular complexity index is 1260. The first-order valence-electron chi connectivity index (χ1n) is 11.8. The first-order chi connectivity index (χ1) is 17.9. The van der Waals surface area contributed by atoms with Crippen molar-refractivity contribution in [3.05, 3.63) is 71.5 Å². The number of phenols is 1. The van der Waals surface area contributed by atoms with Gasteiger partial charge in [0.25, 0.3) is 0 Å². The zero-order valence-corrected chi connectivity index (χ0v) is 22.0. The molecule has 3 rings (SSSR count). The number of esters is 1. The lowest BCUT2D eigenvalue weighted by Crippen LogP contribution is -2.50. The Kier molecular flexibility index (Phi) is 8.98. The lowest BCUT2D eigenvalue weighted by atomic mass is 9.92. The molecular formula is C29H32O9. The molecule has 202 valence electrons. The van der Waals surface area contributed by atoms with E-state index < -0.39 is 23.0 Å². The Balaban J connectivity index is 1.64. The van der Waals surface area contributed by atoms with E-state index in [0.717, 1.165) is 6.08 Å². The molecule has 38 heavy (non-hydrogen) atoms. The highest BCUT2D eigenvalue weighted by atomic mass is 16.7. The molecule has 1 aliphatic rings. The van der Waals surface area contributed by atoms with Gasteiger partial charge in [-0.15, -0.1) is 0 Å². The van der Waals surface area contributed by atoms with Crippen LogP contribution in [0.3, 0.4) is 0 Å². The summed E-state index contributed by atoms with van der Waals surface area (Å²) in [6.45, 7) is 5.58. The average Bonchev–Trinajstić information content (AvgIpc) is 2.89. The molecule has 0 atom stereocenters. The summed E-state index contributed by atoms with van der Waals surface area (Å²) in [5.74, 6) is -1.14. The molecule has 1 saturated heterocycles. The summed E-state index contributed by atoms with van der Waals surface area (Å²) >= 11 is 0. The summed E-state index contributed by atoms with van der Waals surface area (Å²) in [6, 6.07) is 9.54. The first-order valence-corrected chi connectivity index (χ1v) is 11.8. The van der Waals surface area contributed by atoms with Crippen LogP contribution >= 0.6 is 0 Å². The van der Waals surface area contributed by atoms with Crippen molar-refractivity contribution in [1.82, 2.24) is 0 Å². The van der Waals surface area contributed by atoms with E-state index in [2.05, 4.69) is 0 Å². The number of rotatable bonds is 9. The van der Waals surface area contributed by atoms with Crippen molar-refractivity contribution >= 4 is 23.9 Å². The zero-order valence-electron chi connectivity index (χ0n) is 22.0. The van der Waals surface area contributed by atoms with Crippen LogP contribution in [0.5, 0.6) is 23.0 Å². The highest BCUT2D eigenvalue weighted by molar-refractivity contribution is 6.02. The van der Waals surface area contributed by atoms with Crippen LogP contribution < -0.4 is 14.2 Å². The lowest BCUT2D eigenvalue weighted by molar-refractivity contribution is -0.279. The van der Waals surface area contributed by atoms with Gasteiger partial charge in [0.05, 0.1) is 27.4 Å². The normalized spacial score (nSPS) is 16.9. The molecule has 0 bridgehead atoms. The second-order valence-electron chi connectivity index (χ2n) is 9.41. The van der Waals surface area contributed by atoms with Gasteiger partial charge < -0.3 is 33.9 Å². The molecule has 0 amide bonds. The molecule has 9 nitrogen and oxygen atoms in total. The zero-order chi connectivity index (χ0) is 27.9. The Hall–Kier alpha value is -4.08. The molecule has 1 heterocycles. The van der Waals surface area contributed by atoms with Gasteiger partial charge in [-0.25, -0.2) is 0 Å². The highest BCUT2D eigenvalue weighted by Gasteiger charge is 2.43. The van der Waals surface area contributed by atoms with E-state index >= 15 is 0 Å². The maximum absolute atomic E-state index is 12.8. The number of allylic oxidation sites excluding steroid dienone is 3. The number of ketones is 1. The molecule has 0 unspecified atom stereocenters. The van der Waals surface area contributed by atoms with E-state index in [1.54, 1.807) is 57.2 Å². The molecule has 1 fully saturated rings. The molecule has 0 spiro atoms. The van der Waals surface area contributed by atoms with E-state index in [0.29, 0.717) is 16.9 Å². The van der Waals surface area contributed by atoms with E-state index in [1.807, 2.05) is 0 Å². The van der Waals surface area contributed by atoms with Crippen LogP contribution in [-0.4, -0.2) is 55.2 Å². The Labute approximate surface area is 221 Å². The summed E-state index contributed by atoms with van der Waals surface area (Å²) in [6.07, 6.45) is 6.82. The van der Waals surface area contributed by atoms with Crippen molar-refractivity contribution in [2.24, 2.45) is 5.41 Å². The van der Waals surface area contributed by atoms with Crippen molar-refractivity contribution in [1.29, 1.82) is 0 Å². The average molecular weight is 525 g/mol. The molecule has 0 aliphatic carbocycles. The molecule has 2 N–H and O–H groups in total. The molecule has 0 radical (unpaired) electrons. The molecule has 9 heteroatoms. The molecule has 2 aromatic carbocycles. The third-order valence-corrected chi connectivity index (χ3v) is 5.74. The second-order valence-corrected chi connectivity index (χ2v) is 9.41. The Morgan fingerprint density at radius 3 is 2.08 bits per heavy atom. The molecule has 1 aliphatic heterocycles. The van der Waals surface area contributed by atoms with Gasteiger partial charge in [0, 0.05) is 6.08 Å². The number of carbonyl (C=O) groups is 2. The van der Waals surface area contributed by atoms with Gasteiger partial charge >= 0.3 is 5.97 Å². The van der Waals surface area contributed by atoms with Crippen molar-refractivity contribution in [3.63, 3.8) is 0 Å². The highest BCUT2D eigenvalue weighted by Crippen LogP contribution is 2.34. The summed E-state index contributed by atoms with van der Waals surface area (Å²) in [7, 11) is 2.88. The van der Waals surface area contributed by atoms with E-state index in [9.17, 15) is 19.8 Å². The Morgan fingerprint density at radius 2 is 1.45 bits per heavy atom. The van der Waals surface area contributed by atoms with Crippen molar-refractivity contribution in [2.45, 2.75) is 26.6 Å². The lowest BCUT2D eigenvalue weighted by Gasteiger charge is -2.39. The molecule has 0 saturated carbocycles. The maximum Gasteiger partial charge on any atom is 0.322 e. The topological polar surface area (TPSA) is 121 Å². The number of aliphatic hydroxyl groups excluding tert-OH is 1. The number of hydrogen-bond donors (Lipinski definition) is 2. The van der Waals surface area contributed by atoms with Crippen molar-refractivity contribution in [3.8, 4) is 23.0 Å². The van der Waals surface area contributed by atoms with Crippen LogP contribution in [0.1, 0.15) is 31.9 Å². The fourth-order valence-corrected chi connectivity index (χ4v) is 3.36. The van der Waals surface area contributed by atoms with Crippen LogP contribution in [0.2, 0.25) is 0 Å². The molecule has 0 aromatic heterocycles.